The summed E-state index contributed by atoms with van der Waals surface area (Å²) in [5.41, 5.74) is 1.85. The van der Waals surface area contributed by atoms with Crippen LogP contribution in [0, 0.1) is 6.92 Å². The molecule has 3 aromatic heterocycles. The lowest BCUT2D eigenvalue weighted by molar-refractivity contribution is -0.138. The number of imidazole rings is 1. The van der Waals surface area contributed by atoms with E-state index in [-0.39, 0.29) is 5.92 Å². The van der Waals surface area contributed by atoms with Gasteiger partial charge in [-0.15, -0.1) is 5.10 Å². The third-order valence-electron chi connectivity index (χ3n) is 5.83. The van der Waals surface area contributed by atoms with Crippen LogP contribution in [-0.2, 0) is 19.1 Å². The van der Waals surface area contributed by atoms with Gasteiger partial charge >= 0.3 is 6.18 Å². The number of halogens is 3. The minimum Gasteiger partial charge on any atom is -0.479 e. The summed E-state index contributed by atoms with van der Waals surface area (Å²) < 4.78 is 49.5. The second kappa shape index (κ2) is 8.02. The van der Waals surface area contributed by atoms with Crippen LogP contribution in [0.2, 0.25) is 0 Å². The highest BCUT2D eigenvalue weighted by molar-refractivity contribution is 5.55. The quantitative estimate of drug-likeness (QED) is 0.451. The molecule has 10 heteroatoms. The summed E-state index contributed by atoms with van der Waals surface area (Å²) >= 11 is 0. The molecule has 0 aliphatic carbocycles. The molecule has 4 aromatic rings. The summed E-state index contributed by atoms with van der Waals surface area (Å²) in [4.78, 5) is 13.4. The molecule has 0 fully saturated rings. The molecule has 0 amide bonds. The highest BCUT2D eigenvalue weighted by Gasteiger charge is 2.36. The highest BCUT2D eigenvalue weighted by atomic mass is 19.4. The number of ether oxygens (including phenoxy) is 1. The summed E-state index contributed by atoms with van der Waals surface area (Å²) in [5.74, 6) is 1.19. The Morgan fingerprint density at radius 1 is 1.09 bits per heavy atom. The summed E-state index contributed by atoms with van der Waals surface area (Å²) in [6, 6.07) is 9.41. The van der Waals surface area contributed by atoms with E-state index in [0.29, 0.717) is 48.2 Å². The number of hydrogen-bond acceptors (Lipinski definition) is 5. The predicted octanol–water partition coefficient (Wildman–Crippen LogP) is 4.59. The van der Waals surface area contributed by atoms with Gasteiger partial charge < -0.3 is 9.30 Å². The van der Waals surface area contributed by atoms with Gasteiger partial charge in [-0.2, -0.15) is 13.2 Å². The fourth-order valence-corrected chi connectivity index (χ4v) is 4.25. The van der Waals surface area contributed by atoms with Crippen molar-refractivity contribution in [3.63, 3.8) is 0 Å². The molecule has 0 N–H and O–H groups in total. The summed E-state index contributed by atoms with van der Waals surface area (Å²) in [6.07, 6.45) is 0.0951. The van der Waals surface area contributed by atoms with E-state index in [2.05, 4.69) is 20.1 Å². The van der Waals surface area contributed by atoms with Gasteiger partial charge in [0.1, 0.15) is 17.2 Å². The van der Waals surface area contributed by atoms with Crippen LogP contribution >= 0.6 is 0 Å². The van der Waals surface area contributed by atoms with Crippen molar-refractivity contribution in [3.8, 4) is 23.1 Å². The molecule has 0 saturated heterocycles. The molecule has 4 heterocycles. The molecule has 5 rings (SSSR count). The number of nitrogens with zero attached hydrogens (tertiary/aromatic N) is 6. The van der Waals surface area contributed by atoms with E-state index >= 15 is 0 Å². The normalized spacial score (nSPS) is 16.0. The van der Waals surface area contributed by atoms with Crippen LogP contribution in [0.15, 0.2) is 48.9 Å². The number of methoxy groups -OCH3 is 1. The van der Waals surface area contributed by atoms with E-state index in [4.69, 9.17) is 4.74 Å². The minimum absolute atomic E-state index is 0.276. The first kappa shape index (κ1) is 21.2. The predicted molar refractivity (Wildman–Crippen MR) is 114 cm³/mol. The monoisotopic (exact) mass is 454 g/mol. The van der Waals surface area contributed by atoms with Crippen LogP contribution in [0.25, 0.3) is 17.2 Å². The maximum absolute atomic E-state index is 13.5. The Bertz CT molecular complexity index is 1310. The molecular formula is C23H21F3N6O. The Hall–Kier alpha value is -3.69. The molecule has 0 radical (unpaired) electrons. The Kier molecular flexibility index (Phi) is 5.15. The van der Waals surface area contributed by atoms with Gasteiger partial charge in [0.2, 0.25) is 5.88 Å². The van der Waals surface area contributed by atoms with Gasteiger partial charge in [0, 0.05) is 19.2 Å². The molecule has 1 aliphatic heterocycles. The Morgan fingerprint density at radius 2 is 1.91 bits per heavy atom. The van der Waals surface area contributed by atoms with E-state index in [1.165, 1.54) is 13.2 Å². The summed E-state index contributed by atoms with van der Waals surface area (Å²) in [5, 5.41) is 4.55. The molecule has 1 aromatic carbocycles. The molecule has 7 nitrogen and oxygen atoms in total. The third-order valence-corrected chi connectivity index (χ3v) is 5.83. The molecule has 0 unspecified atom stereocenters. The number of rotatable bonds is 4. The van der Waals surface area contributed by atoms with Crippen molar-refractivity contribution in [2.24, 2.45) is 0 Å². The lowest BCUT2D eigenvalue weighted by Gasteiger charge is -2.25. The van der Waals surface area contributed by atoms with Crippen LogP contribution in [0.1, 0.15) is 35.0 Å². The molecule has 170 valence electrons. The number of pyridine rings is 1. The number of aryl methyl sites for hydroxylation is 2. The number of fused-ring (bicyclic) bond motifs is 1. The van der Waals surface area contributed by atoms with E-state index in [1.54, 1.807) is 29.2 Å². The zero-order valence-electron chi connectivity index (χ0n) is 18.0. The second-order valence-corrected chi connectivity index (χ2v) is 8.00. The van der Waals surface area contributed by atoms with Crippen molar-refractivity contribution in [1.29, 1.82) is 0 Å². The van der Waals surface area contributed by atoms with Gasteiger partial charge in [0.05, 0.1) is 24.7 Å². The minimum atomic E-state index is -4.39. The number of alkyl halides is 3. The van der Waals surface area contributed by atoms with Crippen molar-refractivity contribution in [2.75, 3.05) is 7.11 Å². The largest absolute Gasteiger partial charge is 0.479 e. The maximum atomic E-state index is 13.5. The zero-order valence-corrected chi connectivity index (χ0v) is 18.0. The zero-order chi connectivity index (χ0) is 23.2. The van der Waals surface area contributed by atoms with Crippen molar-refractivity contribution < 1.29 is 17.9 Å². The Labute approximate surface area is 187 Å². The molecule has 0 bridgehead atoms. The number of aromatic nitrogens is 6. The topological polar surface area (TPSA) is 70.7 Å². The maximum Gasteiger partial charge on any atom is 0.416 e. The first-order chi connectivity index (χ1) is 15.8. The molecule has 0 spiro atoms. The van der Waals surface area contributed by atoms with Crippen LogP contribution < -0.4 is 4.74 Å². The first-order valence-corrected chi connectivity index (χ1v) is 10.5. The van der Waals surface area contributed by atoms with Gasteiger partial charge in [0.15, 0.2) is 5.82 Å². The fourth-order valence-electron chi connectivity index (χ4n) is 4.25. The Balaban J connectivity index is 1.44. The smallest absolute Gasteiger partial charge is 0.416 e. The first-order valence-electron chi connectivity index (χ1n) is 10.5. The van der Waals surface area contributed by atoms with Crippen molar-refractivity contribution in [2.45, 2.75) is 38.4 Å². The standard InChI is InChI=1S/C23H21F3N6O/c1-14-12-31(13-27-14)19-8-7-18(28-22(19)33-2)21-29-20-11-15(9-10-32(20)30-21)16-5-3-4-6-17(16)23(24,25)26/h3-8,12-13,15H,9-11H2,1-2H3/t15-/m1/s1. The van der Waals surface area contributed by atoms with Crippen LogP contribution in [0.3, 0.4) is 0 Å². The van der Waals surface area contributed by atoms with Crippen molar-refractivity contribution >= 4 is 0 Å². The second-order valence-electron chi connectivity index (χ2n) is 8.00. The lowest BCUT2D eigenvalue weighted by Crippen LogP contribution is -2.21. The molecule has 1 atom stereocenters. The number of benzene rings is 1. The van der Waals surface area contributed by atoms with Crippen molar-refractivity contribution in [1.82, 2.24) is 29.3 Å². The van der Waals surface area contributed by atoms with E-state index < -0.39 is 11.7 Å². The van der Waals surface area contributed by atoms with E-state index in [1.807, 2.05) is 23.8 Å². The molecule has 1 aliphatic rings. The average molecular weight is 454 g/mol. The molecule has 0 saturated carbocycles. The van der Waals surface area contributed by atoms with Crippen molar-refractivity contribution in [3.05, 3.63) is 71.6 Å². The third kappa shape index (κ3) is 3.96. The van der Waals surface area contributed by atoms with E-state index in [9.17, 15) is 13.2 Å². The van der Waals surface area contributed by atoms with Crippen LogP contribution in [0.4, 0.5) is 13.2 Å². The van der Waals surface area contributed by atoms with Gasteiger partial charge in [0.25, 0.3) is 0 Å². The van der Waals surface area contributed by atoms with Gasteiger partial charge in [-0.25, -0.2) is 19.6 Å². The Morgan fingerprint density at radius 3 is 2.64 bits per heavy atom. The van der Waals surface area contributed by atoms with Crippen LogP contribution in [-0.4, -0.2) is 36.4 Å². The fraction of sp³-hybridized carbons (Fsp3) is 0.304. The highest BCUT2D eigenvalue weighted by Crippen LogP contribution is 2.39. The van der Waals surface area contributed by atoms with Gasteiger partial charge in [-0.3, -0.25) is 0 Å². The molecule has 33 heavy (non-hydrogen) atoms. The van der Waals surface area contributed by atoms with E-state index in [0.717, 1.165) is 17.4 Å². The summed E-state index contributed by atoms with van der Waals surface area (Å²) in [7, 11) is 1.54. The lowest BCUT2D eigenvalue weighted by atomic mass is 9.87. The molecular weight excluding hydrogens is 433 g/mol. The summed E-state index contributed by atoms with van der Waals surface area (Å²) in [6.45, 7) is 2.38. The average Bonchev–Trinajstić information content (AvgIpc) is 3.43. The van der Waals surface area contributed by atoms with Crippen LogP contribution in [0.5, 0.6) is 5.88 Å². The SMILES string of the molecule is COc1nc(-c2nc3n(n2)CC[C@@H](c2ccccc2C(F)(F)F)C3)ccc1-n1cnc(C)c1. The van der Waals surface area contributed by atoms with Gasteiger partial charge in [-0.05, 0) is 43.0 Å². The van der Waals surface area contributed by atoms with Gasteiger partial charge in [-0.1, -0.05) is 18.2 Å². The number of hydrogen-bond donors (Lipinski definition) is 0.